The average Bonchev–Trinajstić information content (AvgIpc) is 3.29. The van der Waals surface area contributed by atoms with Gasteiger partial charge in [0.25, 0.3) is 0 Å². The second kappa shape index (κ2) is 11.2. The van der Waals surface area contributed by atoms with Crippen LogP contribution in [0.5, 0.6) is 5.75 Å². The van der Waals surface area contributed by atoms with Crippen LogP contribution in [-0.2, 0) is 16.0 Å². The van der Waals surface area contributed by atoms with E-state index in [0.717, 1.165) is 43.5 Å². The highest BCUT2D eigenvalue weighted by molar-refractivity contribution is 9.10. The molecule has 0 radical (unpaired) electrons. The topological polar surface area (TPSA) is 65.6 Å². The van der Waals surface area contributed by atoms with Crippen molar-refractivity contribution >= 4 is 44.7 Å². The smallest absolute Gasteiger partial charge is 0.246 e. The molecule has 0 spiro atoms. The number of methoxy groups -OCH3 is 1. The van der Waals surface area contributed by atoms with E-state index in [2.05, 4.69) is 20.9 Å². The lowest BCUT2D eigenvalue weighted by Gasteiger charge is -2.34. The van der Waals surface area contributed by atoms with E-state index in [1.807, 2.05) is 47.4 Å². The Morgan fingerprint density at radius 2 is 1.66 bits per heavy atom. The van der Waals surface area contributed by atoms with E-state index in [1.54, 1.807) is 36.3 Å². The fourth-order valence-electron chi connectivity index (χ4n) is 4.69. The molecule has 194 valence electrons. The molecule has 1 fully saturated rings. The number of hydrogen-bond donors (Lipinski definition) is 1. The van der Waals surface area contributed by atoms with Crippen LogP contribution >= 0.6 is 15.9 Å². The molecular formula is C30H27BrFN3O3. The molecule has 0 bridgehead atoms. The van der Waals surface area contributed by atoms with E-state index in [-0.39, 0.29) is 24.1 Å². The molecule has 38 heavy (non-hydrogen) atoms. The van der Waals surface area contributed by atoms with Crippen LogP contribution in [-0.4, -0.2) is 59.9 Å². The van der Waals surface area contributed by atoms with Crippen LogP contribution in [0, 0.1) is 5.82 Å². The maximum absolute atomic E-state index is 13.6. The predicted molar refractivity (Wildman–Crippen MR) is 150 cm³/mol. The number of H-pyrrole nitrogens is 1. The first-order chi connectivity index (χ1) is 18.4. The van der Waals surface area contributed by atoms with Gasteiger partial charge in [0.15, 0.2) is 0 Å². The number of benzene rings is 3. The molecule has 1 N–H and O–H groups in total. The minimum atomic E-state index is -0.309. The van der Waals surface area contributed by atoms with Gasteiger partial charge in [0.1, 0.15) is 11.6 Å². The summed E-state index contributed by atoms with van der Waals surface area (Å²) >= 11 is 3.53. The third kappa shape index (κ3) is 5.65. The van der Waals surface area contributed by atoms with Crippen LogP contribution in [0.4, 0.5) is 4.39 Å². The molecular weight excluding hydrogens is 549 g/mol. The third-order valence-electron chi connectivity index (χ3n) is 6.81. The second-order valence-corrected chi connectivity index (χ2v) is 10.1. The summed E-state index contributed by atoms with van der Waals surface area (Å²) in [5.74, 6) is 0.374. The van der Waals surface area contributed by atoms with Gasteiger partial charge in [-0.15, -0.1) is 0 Å². The number of carbonyl (C=O) groups is 2. The van der Waals surface area contributed by atoms with Crippen molar-refractivity contribution < 1.29 is 18.7 Å². The summed E-state index contributed by atoms with van der Waals surface area (Å²) in [5, 5.41) is 0.949. The Morgan fingerprint density at radius 3 is 2.34 bits per heavy atom. The number of aromatic amines is 1. The van der Waals surface area contributed by atoms with Gasteiger partial charge >= 0.3 is 0 Å². The van der Waals surface area contributed by atoms with Crippen LogP contribution in [0.2, 0.25) is 0 Å². The summed E-state index contributed by atoms with van der Waals surface area (Å²) in [6, 6.07) is 19.6. The molecule has 0 unspecified atom stereocenters. The number of ether oxygens (including phenoxy) is 1. The highest BCUT2D eigenvalue weighted by Crippen LogP contribution is 2.33. The first-order valence-corrected chi connectivity index (χ1v) is 13.2. The van der Waals surface area contributed by atoms with Crippen LogP contribution in [0.15, 0.2) is 77.3 Å². The summed E-state index contributed by atoms with van der Waals surface area (Å²) < 4.78 is 19.6. The van der Waals surface area contributed by atoms with E-state index in [0.29, 0.717) is 26.2 Å². The average molecular weight is 576 g/mol. The summed E-state index contributed by atoms with van der Waals surface area (Å²) in [5.41, 5.74) is 4.33. The quantitative estimate of drug-likeness (QED) is 0.301. The van der Waals surface area contributed by atoms with Crippen LogP contribution < -0.4 is 4.74 Å². The monoisotopic (exact) mass is 575 g/mol. The van der Waals surface area contributed by atoms with Crippen molar-refractivity contribution in [2.45, 2.75) is 6.42 Å². The zero-order chi connectivity index (χ0) is 26.6. The number of nitrogens with zero attached hydrogens (tertiary/aromatic N) is 2. The summed E-state index contributed by atoms with van der Waals surface area (Å²) in [4.78, 5) is 33.1. The van der Waals surface area contributed by atoms with Gasteiger partial charge in [-0.1, -0.05) is 28.1 Å². The van der Waals surface area contributed by atoms with E-state index in [1.165, 1.54) is 12.1 Å². The zero-order valence-corrected chi connectivity index (χ0v) is 22.5. The van der Waals surface area contributed by atoms with Crippen molar-refractivity contribution in [3.8, 4) is 17.0 Å². The minimum Gasteiger partial charge on any atom is -0.497 e. The van der Waals surface area contributed by atoms with Gasteiger partial charge in [-0.2, -0.15) is 0 Å². The molecule has 0 atom stereocenters. The third-order valence-corrected chi connectivity index (χ3v) is 7.30. The van der Waals surface area contributed by atoms with Gasteiger partial charge in [0.05, 0.1) is 19.2 Å². The molecule has 5 rings (SSSR count). The van der Waals surface area contributed by atoms with Gasteiger partial charge in [-0.25, -0.2) is 4.39 Å². The predicted octanol–water partition coefficient (Wildman–Crippen LogP) is 5.67. The highest BCUT2D eigenvalue weighted by Gasteiger charge is 2.25. The van der Waals surface area contributed by atoms with Gasteiger partial charge in [0.2, 0.25) is 11.8 Å². The Hall–Kier alpha value is -3.91. The lowest BCUT2D eigenvalue weighted by molar-refractivity contribution is -0.136. The van der Waals surface area contributed by atoms with E-state index < -0.39 is 0 Å². The molecule has 6 nitrogen and oxygen atoms in total. The van der Waals surface area contributed by atoms with Gasteiger partial charge < -0.3 is 19.5 Å². The zero-order valence-electron chi connectivity index (χ0n) is 20.9. The summed E-state index contributed by atoms with van der Waals surface area (Å²) in [6.45, 7) is 1.89. The number of aromatic nitrogens is 1. The normalized spacial score (nSPS) is 13.9. The second-order valence-electron chi connectivity index (χ2n) is 9.16. The molecule has 2 amide bonds. The standard InChI is InChI=1S/C30H27BrFN3O3/c1-38-24-10-2-20(3-11-24)4-13-28(36)34-14-16-35(17-15-34)29(37)19-26-25-18-22(31)7-12-27(25)33-30(26)21-5-8-23(32)9-6-21/h2-13,18,33H,14-17,19H2,1H3/b13-4+. The lowest BCUT2D eigenvalue weighted by Crippen LogP contribution is -2.50. The number of piperazine rings is 1. The van der Waals surface area contributed by atoms with E-state index in [4.69, 9.17) is 4.74 Å². The van der Waals surface area contributed by atoms with Gasteiger partial charge in [0, 0.05) is 47.6 Å². The number of hydrogen-bond acceptors (Lipinski definition) is 3. The Balaban J connectivity index is 1.26. The van der Waals surface area contributed by atoms with E-state index >= 15 is 0 Å². The Morgan fingerprint density at radius 1 is 0.974 bits per heavy atom. The van der Waals surface area contributed by atoms with Crippen molar-refractivity contribution in [3.05, 3.63) is 94.2 Å². The molecule has 8 heteroatoms. The first-order valence-electron chi connectivity index (χ1n) is 12.4. The van der Waals surface area contributed by atoms with Crippen LogP contribution in [0.3, 0.4) is 0 Å². The number of nitrogens with one attached hydrogen (secondary N) is 1. The number of amides is 2. The Kier molecular flexibility index (Phi) is 7.60. The lowest BCUT2D eigenvalue weighted by atomic mass is 10.0. The minimum absolute atomic E-state index is 0.00453. The Bertz CT molecular complexity index is 1490. The molecule has 0 saturated carbocycles. The maximum atomic E-state index is 13.6. The molecule has 1 aromatic heterocycles. The van der Waals surface area contributed by atoms with Crippen molar-refractivity contribution in [3.63, 3.8) is 0 Å². The molecule has 1 aliphatic rings. The number of fused-ring (bicyclic) bond motifs is 1. The van der Waals surface area contributed by atoms with Crippen molar-refractivity contribution in [2.75, 3.05) is 33.3 Å². The van der Waals surface area contributed by atoms with Gasteiger partial charge in [-0.05, 0) is 77.4 Å². The van der Waals surface area contributed by atoms with Gasteiger partial charge in [-0.3, -0.25) is 9.59 Å². The number of rotatable bonds is 6. The SMILES string of the molecule is COc1ccc(/C=C/C(=O)N2CCN(C(=O)Cc3c(-c4ccc(F)cc4)[nH]c4ccc(Br)cc34)CC2)cc1. The largest absolute Gasteiger partial charge is 0.497 e. The molecule has 2 heterocycles. The van der Waals surface area contributed by atoms with Crippen molar-refractivity contribution in [1.29, 1.82) is 0 Å². The maximum Gasteiger partial charge on any atom is 0.246 e. The van der Waals surface area contributed by atoms with Crippen LogP contribution in [0.1, 0.15) is 11.1 Å². The molecule has 4 aromatic rings. The highest BCUT2D eigenvalue weighted by atomic mass is 79.9. The Labute approximate surface area is 228 Å². The molecule has 3 aromatic carbocycles. The number of halogens is 2. The summed E-state index contributed by atoms with van der Waals surface area (Å²) in [7, 11) is 1.61. The fraction of sp³-hybridized carbons (Fsp3) is 0.200. The van der Waals surface area contributed by atoms with Crippen LogP contribution in [0.25, 0.3) is 28.2 Å². The molecule has 1 saturated heterocycles. The first kappa shape index (κ1) is 25.7. The van der Waals surface area contributed by atoms with Crippen molar-refractivity contribution in [1.82, 2.24) is 14.8 Å². The molecule has 1 aliphatic heterocycles. The summed E-state index contributed by atoms with van der Waals surface area (Å²) in [6.07, 6.45) is 3.55. The number of carbonyl (C=O) groups excluding carboxylic acids is 2. The van der Waals surface area contributed by atoms with E-state index in [9.17, 15) is 14.0 Å². The molecule has 0 aliphatic carbocycles. The van der Waals surface area contributed by atoms with Crippen molar-refractivity contribution in [2.24, 2.45) is 0 Å². The fourth-order valence-corrected chi connectivity index (χ4v) is 5.05.